The first kappa shape index (κ1) is 14.4. The van der Waals surface area contributed by atoms with Crippen LogP contribution in [0.15, 0.2) is 18.2 Å². The third-order valence-electron chi connectivity index (χ3n) is 4.37. The van der Waals surface area contributed by atoms with E-state index in [-0.39, 0.29) is 5.41 Å². The minimum absolute atomic E-state index is 0.278. The van der Waals surface area contributed by atoms with Crippen LogP contribution in [0.25, 0.3) is 0 Å². The van der Waals surface area contributed by atoms with E-state index in [1.165, 1.54) is 18.6 Å². The molecule has 0 bridgehead atoms. The average Bonchev–Trinajstić information content (AvgIpc) is 2.35. The molecule has 0 radical (unpaired) electrons. The van der Waals surface area contributed by atoms with Gasteiger partial charge < -0.3 is 5.32 Å². The molecule has 106 valence electrons. The SMILES string of the molecule is CNCC1CCC(C)(C)CC1c1ccc(F)c(F)c1. The van der Waals surface area contributed by atoms with Gasteiger partial charge in [-0.25, -0.2) is 8.78 Å². The highest BCUT2D eigenvalue weighted by Crippen LogP contribution is 2.46. The van der Waals surface area contributed by atoms with Gasteiger partial charge >= 0.3 is 0 Å². The Bertz CT molecular complexity index is 442. The quantitative estimate of drug-likeness (QED) is 0.869. The van der Waals surface area contributed by atoms with E-state index >= 15 is 0 Å². The number of hydrogen-bond donors (Lipinski definition) is 1. The third kappa shape index (κ3) is 3.33. The maximum Gasteiger partial charge on any atom is 0.159 e. The second kappa shape index (κ2) is 5.58. The number of halogens is 2. The molecule has 0 saturated heterocycles. The van der Waals surface area contributed by atoms with Crippen molar-refractivity contribution in [2.75, 3.05) is 13.6 Å². The van der Waals surface area contributed by atoms with Gasteiger partial charge in [0.15, 0.2) is 11.6 Å². The molecule has 19 heavy (non-hydrogen) atoms. The van der Waals surface area contributed by atoms with Crippen LogP contribution in [-0.2, 0) is 0 Å². The standard InChI is InChI=1S/C16H23F2N/c1-16(2)7-6-12(10-19-3)13(9-16)11-4-5-14(17)15(18)8-11/h4-5,8,12-13,19H,6-7,9-10H2,1-3H3. The molecule has 1 aliphatic carbocycles. The normalized spacial score (nSPS) is 26.4. The van der Waals surface area contributed by atoms with Crippen LogP contribution in [0.1, 0.15) is 44.6 Å². The Hall–Kier alpha value is -0.960. The van der Waals surface area contributed by atoms with Crippen molar-refractivity contribution in [3.8, 4) is 0 Å². The van der Waals surface area contributed by atoms with Crippen molar-refractivity contribution >= 4 is 0 Å². The first-order valence-corrected chi connectivity index (χ1v) is 7.02. The van der Waals surface area contributed by atoms with Crippen molar-refractivity contribution in [1.29, 1.82) is 0 Å². The van der Waals surface area contributed by atoms with E-state index in [2.05, 4.69) is 19.2 Å². The third-order valence-corrected chi connectivity index (χ3v) is 4.37. The van der Waals surface area contributed by atoms with Crippen LogP contribution in [-0.4, -0.2) is 13.6 Å². The van der Waals surface area contributed by atoms with Crippen LogP contribution in [0.4, 0.5) is 8.78 Å². The lowest BCUT2D eigenvalue weighted by molar-refractivity contribution is 0.161. The monoisotopic (exact) mass is 267 g/mol. The minimum atomic E-state index is -0.760. The molecule has 0 heterocycles. The summed E-state index contributed by atoms with van der Waals surface area (Å²) >= 11 is 0. The van der Waals surface area contributed by atoms with Gasteiger partial charge in [0.1, 0.15) is 0 Å². The molecular formula is C16H23F2N. The highest BCUT2D eigenvalue weighted by molar-refractivity contribution is 5.23. The summed E-state index contributed by atoms with van der Waals surface area (Å²) in [5.74, 6) is -0.678. The Labute approximate surface area is 114 Å². The number of rotatable bonds is 3. The van der Waals surface area contributed by atoms with Gasteiger partial charge in [-0.05, 0) is 67.8 Å². The summed E-state index contributed by atoms with van der Waals surface area (Å²) in [5.41, 5.74) is 1.21. The zero-order chi connectivity index (χ0) is 14.0. The van der Waals surface area contributed by atoms with Crippen molar-refractivity contribution < 1.29 is 8.78 Å². The van der Waals surface area contributed by atoms with Crippen LogP contribution in [0.5, 0.6) is 0 Å². The Balaban J connectivity index is 2.27. The summed E-state index contributed by atoms with van der Waals surface area (Å²) in [6, 6.07) is 4.37. The molecule has 0 aromatic heterocycles. The zero-order valence-corrected chi connectivity index (χ0v) is 12.0. The fraction of sp³-hybridized carbons (Fsp3) is 0.625. The summed E-state index contributed by atoms with van der Waals surface area (Å²) in [4.78, 5) is 0. The fourth-order valence-electron chi connectivity index (χ4n) is 3.28. The Morgan fingerprint density at radius 2 is 2.00 bits per heavy atom. The van der Waals surface area contributed by atoms with Gasteiger partial charge in [-0.1, -0.05) is 19.9 Å². The molecule has 2 unspecified atom stereocenters. The summed E-state index contributed by atoms with van der Waals surface area (Å²) < 4.78 is 26.5. The van der Waals surface area contributed by atoms with Crippen LogP contribution in [0.2, 0.25) is 0 Å². The van der Waals surface area contributed by atoms with Crippen molar-refractivity contribution in [1.82, 2.24) is 5.32 Å². The number of hydrogen-bond acceptors (Lipinski definition) is 1. The van der Waals surface area contributed by atoms with Gasteiger partial charge in [0.05, 0.1) is 0 Å². The molecule has 0 spiro atoms. The van der Waals surface area contributed by atoms with Gasteiger partial charge in [0.2, 0.25) is 0 Å². The number of nitrogens with one attached hydrogen (secondary N) is 1. The Morgan fingerprint density at radius 3 is 2.63 bits per heavy atom. The molecular weight excluding hydrogens is 244 g/mol. The van der Waals surface area contributed by atoms with Crippen molar-refractivity contribution in [2.45, 2.75) is 39.0 Å². The van der Waals surface area contributed by atoms with Crippen molar-refractivity contribution in [3.05, 3.63) is 35.4 Å². The Morgan fingerprint density at radius 1 is 1.26 bits per heavy atom. The minimum Gasteiger partial charge on any atom is -0.319 e. The molecule has 1 aromatic rings. The molecule has 2 atom stereocenters. The maximum absolute atomic E-state index is 13.4. The fourth-order valence-corrected chi connectivity index (χ4v) is 3.28. The first-order chi connectivity index (χ1) is 8.93. The second-order valence-electron chi connectivity index (χ2n) is 6.50. The van der Waals surface area contributed by atoms with E-state index in [0.29, 0.717) is 11.8 Å². The predicted molar refractivity (Wildman–Crippen MR) is 74.1 cm³/mol. The molecule has 1 nitrogen and oxygen atoms in total. The van der Waals surface area contributed by atoms with Crippen molar-refractivity contribution in [3.63, 3.8) is 0 Å². The molecule has 0 amide bonds. The molecule has 1 aliphatic rings. The summed E-state index contributed by atoms with van der Waals surface area (Å²) in [7, 11) is 1.95. The first-order valence-electron chi connectivity index (χ1n) is 7.02. The molecule has 3 heteroatoms. The van der Waals surface area contributed by atoms with E-state index in [1.54, 1.807) is 6.07 Å². The highest BCUT2D eigenvalue weighted by atomic mass is 19.2. The lowest BCUT2D eigenvalue weighted by Crippen LogP contribution is -2.33. The topological polar surface area (TPSA) is 12.0 Å². The van der Waals surface area contributed by atoms with Crippen LogP contribution >= 0.6 is 0 Å². The van der Waals surface area contributed by atoms with Gasteiger partial charge in [-0.3, -0.25) is 0 Å². The largest absolute Gasteiger partial charge is 0.319 e. The van der Waals surface area contributed by atoms with Gasteiger partial charge in [0.25, 0.3) is 0 Å². The molecule has 1 N–H and O–H groups in total. The van der Waals surface area contributed by atoms with E-state index in [0.717, 1.165) is 24.9 Å². The molecule has 1 saturated carbocycles. The number of benzene rings is 1. The highest BCUT2D eigenvalue weighted by Gasteiger charge is 2.35. The van der Waals surface area contributed by atoms with E-state index in [1.807, 2.05) is 7.05 Å². The average molecular weight is 267 g/mol. The van der Waals surface area contributed by atoms with Gasteiger partial charge in [0, 0.05) is 0 Å². The van der Waals surface area contributed by atoms with E-state index < -0.39 is 11.6 Å². The molecule has 2 rings (SSSR count). The van der Waals surface area contributed by atoms with Crippen LogP contribution in [0, 0.1) is 23.0 Å². The summed E-state index contributed by atoms with van der Waals surface area (Å²) in [5, 5.41) is 3.22. The summed E-state index contributed by atoms with van der Waals surface area (Å²) in [6.45, 7) is 5.45. The second-order valence-corrected chi connectivity index (χ2v) is 6.50. The van der Waals surface area contributed by atoms with Gasteiger partial charge in [-0.2, -0.15) is 0 Å². The smallest absolute Gasteiger partial charge is 0.159 e. The van der Waals surface area contributed by atoms with Gasteiger partial charge in [-0.15, -0.1) is 0 Å². The molecule has 0 aliphatic heterocycles. The van der Waals surface area contributed by atoms with Crippen molar-refractivity contribution in [2.24, 2.45) is 11.3 Å². The zero-order valence-electron chi connectivity index (χ0n) is 12.0. The maximum atomic E-state index is 13.4. The van der Waals surface area contributed by atoms with Crippen LogP contribution < -0.4 is 5.32 Å². The van der Waals surface area contributed by atoms with E-state index in [9.17, 15) is 8.78 Å². The summed E-state index contributed by atoms with van der Waals surface area (Å²) in [6.07, 6.45) is 3.36. The van der Waals surface area contributed by atoms with E-state index in [4.69, 9.17) is 0 Å². The Kier molecular flexibility index (Phi) is 4.24. The lowest BCUT2D eigenvalue weighted by atomic mass is 9.65. The molecule has 1 fully saturated rings. The van der Waals surface area contributed by atoms with Crippen LogP contribution in [0.3, 0.4) is 0 Å². The predicted octanol–water partition coefficient (Wildman–Crippen LogP) is 4.09. The lowest BCUT2D eigenvalue weighted by Gasteiger charge is -2.41. The molecule has 1 aromatic carbocycles.